The van der Waals surface area contributed by atoms with Crippen molar-refractivity contribution in [3.05, 3.63) is 71.8 Å². The van der Waals surface area contributed by atoms with E-state index in [1.54, 1.807) is 24.3 Å². The van der Waals surface area contributed by atoms with E-state index >= 15 is 0 Å². The highest BCUT2D eigenvalue weighted by Crippen LogP contribution is 2.20. The van der Waals surface area contributed by atoms with Crippen molar-refractivity contribution in [1.82, 2.24) is 10.6 Å². The zero-order valence-corrected chi connectivity index (χ0v) is 17.3. The molecule has 0 spiro atoms. The van der Waals surface area contributed by atoms with Gasteiger partial charge in [0.2, 0.25) is 0 Å². The summed E-state index contributed by atoms with van der Waals surface area (Å²) in [4.78, 5) is 24.9. The molecule has 0 aromatic heterocycles. The molecule has 160 valence electrons. The van der Waals surface area contributed by atoms with Gasteiger partial charge >= 0.3 is 0 Å². The third kappa shape index (κ3) is 6.38. The monoisotopic (exact) mass is 412 g/mol. The van der Waals surface area contributed by atoms with Gasteiger partial charge in [0.15, 0.2) is 5.79 Å². The zero-order valence-electron chi connectivity index (χ0n) is 17.3. The Morgan fingerprint density at radius 1 is 0.833 bits per heavy atom. The number of ether oxygens (including phenoxy) is 3. The van der Waals surface area contributed by atoms with E-state index in [1.807, 2.05) is 50.2 Å². The van der Waals surface area contributed by atoms with Gasteiger partial charge in [-0.1, -0.05) is 36.4 Å². The highest BCUT2D eigenvalue weighted by atomic mass is 16.7. The van der Waals surface area contributed by atoms with Crippen LogP contribution >= 0.6 is 0 Å². The van der Waals surface area contributed by atoms with E-state index in [1.165, 1.54) is 0 Å². The second-order valence-electron chi connectivity index (χ2n) is 7.47. The van der Waals surface area contributed by atoms with Gasteiger partial charge in [-0.15, -0.1) is 0 Å². The fraction of sp³-hybridized carbons (Fsp3) is 0.391. The SMILES string of the molecule is CC1(C)OCCO[C@H](CNC(=O)c2ccccc2)[C@H](CNC(=O)c2ccccc2)O1. The third-order valence-electron chi connectivity index (χ3n) is 4.71. The van der Waals surface area contributed by atoms with E-state index in [9.17, 15) is 9.59 Å². The first-order chi connectivity index (χ1) is 14.4. The molecule has 0 bridgehead atoms. The Balaban J connectivity index is 1.65. The summed E-state index contributed by atoms with van der Waals surface area (Å²) >= 11 is 0. The van der Waals surface area contributed by atoms with Crippen molar-refractivity contribution >= 4 is 11.8 Å². The maximum absolute atomic E-state index is 12.5. The van der Waals surface area contributed by atoms with Crippen molar-refractivity contribution in [2.24, 2.45) is 0 Å². The fourth-order valence-electron chi connectivity index (χ4n) is 3.20. The van der Waals surface area contributed by atoms with Gasteiger partial charge in [0.1, 0.15) is 12.2 Å². The number of rotatable bonds is 6. The average Bonchev–Trinajstić information content (AvgIpc) is 2.76. The quantitative estimate of drug-likeness (QED) is 0.761. The molecule has 0 saturated carbocycles. The Kier molecular flexibility index (Phi) is 7.57. The Hall–Kier alpha value is -2.74. The Labute approximate surface area is 176 Å². The number of hydrogen-bond donors (Lipinski definition) is 2. The smallest absolute Gasteiger partial charge is 0.251 e. The average molecular weight is 412 g/mol. The molecule has 1 aliphatic rings. The molecule has 1 fully saturated rings. The second kappa shape index (κ2) is 10.3. The summed E-state index contributed by atoms with van der Waals surface area (Å²) in [6.45, 7) is 4.84. The first-order valence-electron chi connectivity index (χ1n) is 10.0. The van der Waals surface area contributed by atoms with Crippen molar-refractivity contribution in [3.8, 4) is 0 Å². The summed E-state index contributed by atoms with van der Waals surface area (Å²) in [5, 5.41) is 5.79. The van der Waals surface area contributed by atoms with Crippen molar-refractivity contribution in [2.75, 3.05) is 26.3 Å². The third-order valence-corrected chi connectivity index (χ3v) is 4.71. The van der Waals surface area contributed by atoms with E-state index in [0.717, 1.165) is 0 Å². The van der Waals surface area contributed by atoms with Gasteiger partial charge in [0.25, 0.3) is 11.8 Å². The standard InChI is InChI=1S/C23H28N2O5/c1-23(2)29-14-13-28-19(15-24-21(26)17-9-5-3-6-10-17)20(30-23)16-25-22(27)18-11-7-4-8-12-18/h3-12,19-20H,13-16H2,1-2H3,(H,24,26)(H,25,27)/t19-,20+/m1/s1. The fourth-order valence-corrected chi connectivity index (χ4v) is 3.20. The lowest BCUT2D eigenvalue weighted by Gasteiger charge is -2.37. The number of nitrogens with one attached hydrogen (secondary N) is 2. The summed E-state index contributed by atoms with van der Waals surface area (Å²) in [7, 11) is 0. The van der Waals surface area contributed by atoms with Crippen molar-refractivity contribution in [3.63, 3.8) is 0 Å². The minimum atomic E-state index is -0.840. The Morgan fingerprint density at radius 2 is 1.33 bits per heavy atom. The molecule has 3 rings (SSSR count). The maximum atomic E-state index is 12.5. The molecular formula is C23H28N2O5. The van der Waals surface area contributed by atoms with E-state index in [4.69, 9.17) is 14.2 Å². The van der Waals surface area contributed by atoms with E-state index in [0.29, 0.717) is 24.3 Å². The summed E-state index contributed by atoms with van der Waals surface area (Å²) in [5.41, 5.74) is 1.13. The predicted molar refractivity (Wildman–Crippen MR) is 112 cm³/mol. The molecule has 1 aliphatic heterocycles. The lowest BCUT2D eigenvalue weighted by atomic mass is 10.1. The van der Waals surface area contributed by atoms with Crippen LogP contribution < -0.4 is 10.6 Å². The van der Waals surface area contributed by atoms with E-state index < -0.39 is 18.0 Å². The maximum Gasteiger partial charge on any atom is 0.251 e. The molecule has 0 radical (unpaired) electrons. The van der Waals surface area contributed by atoms with Gasteiger partial charge in [-0.2, -0.15) is 0 Å². The predicted octanol–water partition coefficient (Wildman–Crippen LogP) is 2.38. The van der Waals surface area contributed by atoms with Crippen molar-refractivity contribution in [1.29, 1.82) is 0 Å². The molecule has 1 heterocycles. The molecule has 2 aromatic carbocycles. The van der Waals surface area contributed by atoms with Gasteiger partial charge in [-0.25, -0.2) is 0 Å². The zero-order chi connectivity index (χ0) is 21.4. The molecule has 0 unspecified atom stereocenters. The highest BCUT2D eigenvalue weighted by Gasteiger charge is 2.33. The molecular weight excluding hydrogens is 384 g/mol. The summed E-state index contributed by atoms with van der Waals surface area (Å²) in [6.07, 6.45) is -0.957. The summed E-state index contributed by atoms with van der Waals surface area (Å²) in [6, 6.07) is 17.9. The topological polar surface area (TPSA) is 85.9 Å². The lowest BCUT2D eigenvalue weighted by molar-refractivity contribution is -0.277. The van der Waals surface area contributed by atoms with Gasteiger partial charge in [0, 0.05) is 24.2 Å². The first kappa shape index (κ1) is 22.0. The van der Waals surface area contributed by atoms with Crippen LogP contribution in [0.4, 0.5) is 0 Å². The number of hydrogen-bond acceptors (Lipinski definition) is 5. The van der Waals surface area contributed by atoms with Crippen LogP contribution in [0.15, 0.2) is 60.7 Å². The summed E-state index contributed by atoms with van der Waals surface area (Å²) < 4.78 is 17.7. The van der Waals surface area contributed by atoms with Crippen LogP contribution in [0.5, 0.6) is 0 Å². The Bertz CT molecular complexity index is 826. The van der Waals surface area contributed by atoms with Gasteiger partial charge in [0.05, 0.1) is 13.2 Å². The number of benzene rings is 2. The molecule has 2 aromatic rings. The molecule has 7 heteroatoms. The minimum absolute atomic E-state index is 0.191. The second-order valence-corrected chi connectivity index (χ2v) is 7.47. The first-order valence-corrected chi connectivity index (χ1v) is 10.0. The minimum Gasteiger partial charge on any atom is -0.371 e. The largest absolute Gasteiger partial charge is 0.371 e. The Morgan fingerprint density at radius 3 is 1.87 bits per heavy atom. The molecule has 30 heavy (non-hydrogen) atoms. The van der Waals surface area contributed by atoms with Crippen LogP contribution in [0.2, 0.25) is 0 Å². The van der Waals surface area contributed by atoms with E-state index in [-0.39, 0.29) is 24.9 Å². The van der Waals surface area contributed by atoms with Gasteiger partial charge in [-0.05, 0) is 38.1 Å². The van der Waals surface area contributed by atoms with Crippen LogP contribution in [0.25, 0.3) is 0 Å². The normalized spacial score (nSPS) is 21.1. The van der Waals surface area contributed by atoms with Crippen LogP contribution in [-0.2, 0) is 14.2 Å². The van der Waals surface area contributed by atoms with Gasteiger partial charge in [-0.3, -0.25) is 9.59 Å². The molecule has 0 aliphatic carbocycles. The number of amides is 2. The lowest BCUT2D eigenvalue weighted by Crippen LogP contribution is -2.52. The van der Waals surface area contributed by atoms with Crippen LogP contribution in [0.3, 0.4) is 0 Å². The van der Waals surface area contributed by atoms with Gasteiger partial charge < -0.3 is 24.8 Å². The highest BCUT2D eigenvalue weighted by molar-refractivity contribution is 5.94. The molecule has 7 nitrogen and oxygen atoms in total. The number of carbonyl (C=O) groups is 2. The van der Waals surface area contributed by atoms with Crippen LogP contribution in [-0.4, -0.2) is 56.1 Å². The van der Waals surface area contributed by atoms with E-state index in [2.05, 4.69) is 10.6 Å². The van der Waals surface area contributed by atoms with Crippen LogP contribution in [0, 0.1) is 0 Å². The molecule has 1 saturated heterocycles. The molecule has 2 amide bonds. The van der Waals surface area contributed by atoms with Crippen molar-refractivity contribution < 1.29 is 23.8 Å². The van der Waals surface area contributed by atoms with Crippen molar-refractivity contribution in [2.45, 2.75) is 31.8 Å². The molecule has 2 N–H and O–H groups in total. The van der Waals surface area contributed by atoms with Crippen LogP contribution in [0.1, 0.15) is 34.6 Å². The summed E-state index contributed by atoms with van der Waals surface area (Å²) in [5.74, 6) is -1.23. The molecule has 2 atom stereocenters. The number of carbonyl (C=O) groups excluding carboxylic acids is 2.